The van der Waals surface area contributed by atoms with Crippen molar-refractivity contribution < 1.29 is 5.21 Å². The van der Waals surface area contributed by atoms with E-state index < -0.39 is 0 Å². The van der Waals surface area contributed by atoms with Crippen molar-refractivity contribution >= 4 is 11.7 Å². The molecule has 1 aromatic heterocycles. The van der Waals surface area contributed by atoms with Gasteiger partial charge in [-0.15, -0.1) is 0 Å². The molecule has 0 amide bonds. The smallest absolute Gasteiger partial charge is 0.170 e. The van der Waals surface area contributed by atoms with E-state index in [4.69, 9.17) is 10.9 Å². The van der Waals surface area contributed by atoms with Crippen LogP contribution in [-0.4, -0.2) is 53.1 Å². The molecule has 0 radical (unpaired) electrons. The van der Waals surface area contributed by atoms with Crippen LogP contribution in [0.4, 0.5) is 5.82 Å². The van der Waals surface area contributed by atoms with Crippen LogP contribution >= 0.6 is 0 Å². The number of pyridine rings is 1. The van der Waals surface area contributed by atoms with Crippen molar-refractivity contribution in [2.75, 3.05) is 31.1 Å². The number of hydrogen-bond acceptors (Lipinski definition) is 5. The topological polar surface area (TPSA) is 78.0 Å². The molecule has 2 aliphatic rings. The highest BCUT2D eigenvalue weighted by molar-refractivity contribution is 5.97. The van der Waals surface area contributed by atoms with Crippen LogP contribution in [0.1, 0.15) is 24.8 Å². The van der Waals surface area contributed by atoms with E-state index in [0.29, 0.717) is 11.6 Å². The van der Waals surface area contributed by atoms with Gasteiger partial charge in [0, 0.05) is 30.9 Å². The zero-order chi connectivity index (χ0) is 13.9. The largest absolute Gasteiger partial charge is 0.409 e. The highest BCUT2D eigenvalue weighted by Gasteiger charge is 2.29. The van der Waals surface area contributed by atoms with E-state index in [9.17, 15) is 0 Å². The first-order chi connectivity index (χ1) is 9.78. The monoisotopic (exact) mass is 275 g/mol. The third-order valence-electron chi connectivity index (χ3n) is 4.29. The van der Waals surface area contributed by atoms with Crippen LogP contribution < -0.4 is 10.6 Å². The highest BCUT2D eigenvalue weighted by Crippen LogP contribution is 2.24. The lowest BCUT2D eigenvalue weighted by atomic mass is 10.2. The van der Waals surface area contributed by atoms with E-state index in [1.54, 1.807) is 12.3 Å². The number of anilines is 1. The Balaban J connectivity index is 1.71. The van der Waals surface area contributed by atoms with Crippen LogP contribution in [0.15, 0.2) is 23.5 Å². The van der Waals surface area contributed by atoms with E-state index in [-0.39, 0.29) is 5.84 Å². The van der Waals surface area contributed by atoms with Crippen LogP contribution in [0.2, 0.25) is 0 Å². The molecule has 1 aromatic rings. The van der Waals surface area contributed by atoms with E-state index in [1.807, 2.05) is 6.07 Å². The summed E-state index contributed by atoms with van der Waals surface area (Å²) in [6.07, 6.45) is 5.56. The fourth-order valence-corrected chi connectivity index (χ4v) is 3.16. The summed E-state index contributed by atoms with van der Waals surface area (Å²) in [6.45, 7) is 4.51. The van der Waals surface area contributed by atoms with Crippen LogP contribution in [0.3, 0.4) is 0 Å². The number of rotatable bonds is 3. The maximum absolute atomic E-state index is 8.75. The molecule has 3 rings (SSSR count). The molecule has 0 bridgehead atoms. The zero-order valence-electron chi connectivity index (χ0n) is 11.6. The van der Waals surface area contributed by atoms with Crippen molar-refractivity contribution in [2.45, 2.75) is 25.3 Å². The van der Waals surface area contributed by atoms with Crippen LogP contribution in [0.25, 0.3) is 0 Å². The fraction of sp³-hybridized carbons (Fsp3) is 0.571. The predicted molar refractivity (Wildman–Crippen MR) is 78.2 cm³/mol. The Morgan fingerprint density at radius 3 is 2.90 bits per heavy atom. The number of nitrogens with zero attached hydrogens (tertiary/aromatic N) is 4. The minimum absolute atomic E-state index is 0.129. The maximum Gasteiger partial charge on any atom is 0.170 e. The molecular formula is C14H21N5O. The lowest BCUT2D eigenvalue weighted by molar-refractivity contribution is 0.260. The molecule has 6 nitrogen and oxygen atoms in total. The SMILES string of the molecule is NC(=NO)c1ccnc(N2CCC(N3CCCC3)C2)c1. The summed E-state index contributed by atoms with van der Waals surface area (Å²) < 4.78 is 0. The zero-order valence-corrected chi connectivity index (χ0v) is 11.6. The van der Waals surface area contributed by atoms with Gasteiger partial charge in [0.25, 0.3) is 0 Å². The highest BCUT2D eigenvalue weighted by atomic mass is 16.4. The molecule has 108 valence electrons. The fourth-order valence-electron chi connectivity index (χ4n) is 3.16. The average Bonchev–Trinajstić information content (AvgIpc) is 3.17. The Bertz CT molecular complexity index is 498. The number of hydrogen-bond donors (Lipinski definition) is 2. The normalized spacial score (nSPS) is 24.5. The van der Waals surface area contributed by atoms with E-state index >= 15 is 0 Å². The first-order valence-electron chi connectivity index (χ1n) is 7.21. The summed E-state index contributed by atoms with van der Waals surface area (Å²) in [4.78, 5) is 9.29. The number of nitrogens with two attached hydrogens (primary N) is 1. The minimum Gasteiger partial charge on any atom is -0.409 e. The third kappa shape index (κ3) is 2.56. The second kappa shape index (κ2) is 5.66. The standard InChI is InChI=1S/C14H21N5O/c15-14(17-20)11-3-5-16-13(9-11)19-8-4-12(10-19)18-6-1-2-7-18/h3,5,9,12,20H,1-2,4,6-8,10H2,(H2,15,17). The summed E-state index contributed by atoms with van der Waals surface area (Å²) in [5.41, 5.74) is 6.34. The molecule has 2 fully saturated rings. The lowest BCUT2D eigenvalue weighted by Crippen LogP contribution is -2.35. The molecule has 3 N–H and O–H groups in total. The summed E-state index contributed by atoms with van der Waals surface area (Å²) in [5, 5.41) is 11.8. The van der Waals surface area contributed by atoms with Crippen molar-refractivity contribution in [3.63, 3.8) is 0 Å². The Morgan fingerprint density at radius 1 is 1.35 bits per heavy atom. The van der Waals surface area contributed by atoms with Gasteiger partial charge in [-0.3, -0.25) is 4.90 Å². The van der Waals surface area contributed by atoms with Gasteiger partial charge in [0.2, 0.25) is 0 Å². The lowest BCUT2D eigenvalue weighted by Gasteiger charge is -2.24. The van der Waals surface area contributed by atoms with Crippen LogP contribution in [0, 0.1) is 0 Å². The van der Waals surface area contributed by atoms with Crippen molar-refractivity contribution in [2.24, 2.45) is 10.9 Å². The molecule has 20 heavy (non-hydrogen) atoms. The number of oxime groups is 1. The molecule has 0 aromatic carbocycles. The molecule has 3 heterocycles. The van der Waals surface area contributed by atoms with E-state index in [2.05, 4.69) is 19.9 Å². The predicted octanol–water partition coefficient (Wildman–Crippen LogP) is 0.851. The number of amidine groups is 1. The summed E-state index contributed by atoms with van der Waals surface area (Å²) in [7, 11) is 0. The molecule has 2 aliphatic heterocycles. The van der Waals surface area contributed by atoms with Gasteiger partial charge in [0.05, 0.1) is 0 Å². The van der Waals surface area contributed by atoms with Gasteiger partial charge in [-0.1, -0.05) is 5.16 Å². The second-order valence-corrected chi connectivity index (χ2v) is 5.52. The van der Waals surface area contributed by atoms with Gasteiger partial charge >= 0.3 is 0 Å². The number of likely N-dealkylation sites (tertiary alicyclic amines) is 1. The first-order valence-corrected chi connectivity index (χ1v) is 7.21. The quantitative estimate of drug-likeness (QED) is 0.370. The van der Waals surface area contributed by atoms with Gasteiger partial charge in [-0.25, -0.2) is 4.98 Å². The Kier molecular flexibility index (Phi) is 3.73. The second-order valence-electron chi connectivity index (χ2n) is 5.52. The summed E-state index contributed by atoms with van der Waals surface area (Å²) in [5.74, 6) is 1.04. The first kappa shape index (κ1) is 13.2. The minimum atomic E-state index is 0.129. The molecule has 0 aliphatic carbocycles. The van der Waals surface area contributed by atoms with Gasteiger partial charge in [-0.05, 0) is 44.5 Å². The van der Waals surface area contributed by atoms with Crippen molar-refractivity contribution in [3.8, 4) is 0 Å². The van der Waals surface area contributed by atoms with E-state index in [0.717, 1.165) is 18.9 Å². The van der Waals surface area contributed by atoms with Gasteiger partial charge < -0.3 is 15.8 Å². The Hall–Kier alpha value is -1.82. The summed E-state index contributed by atoms with van der Waals surface area (Å²) >= 11 is 0. The van der Waals surface area contributed by atoms with Gasteiger partial charge in [-0.2, -0.15) is 0 Å². The van der Waals surface area contributed by atoms with Crippen molar-refractivity contribution in [1.82, 2.24) is 9.88 Å². The molecule has 0 spiro atoms. The Morgan fingerprint density at radius 2 is 2.15 bits per heavy atom. The van der Waals surface area contributed by atoms with Crippen molar-refractivity contribution in [3.05, 3.63) is 23.9 Å². The number of aromatic nitrogens is 1. The molecule has 2 saturated heterocycles. The van der Waals surface area contributed by atoms with Gasteiger partial charge in [0.1, 0.15) is 5.82 Å². The summed E-state index contributed by atoms with van der Waals surface area (Å²) in [6, 6.07) is 4.29. The molecule has 1 unspecified atom stereocenters. The molecule has 6 heteroatoms. The Labute approximate surface area is 118 Å². The van der Waals surface area contributed by atoms with E-state index in [1.165, 1.54) is 32.4 Å². The van der Waals surface area contributed by atoms with Crippen LogP contribution in [0.5, 0.6) is 0 Å². The average molecular weight is 275 g/mol. The van der Waals surface area contributed by atoms with Crippen LogP contribution in [-0.2, 0) is 0 Å². The van der Waals surface area contributed by atoms with Crippen molar-refractivity contribution in [1.29, 1.82) is 0 Å². The molecular weight excluding hydrogens is 254 g/mol. The third-order valence-corrected chi connectivity index (χ3v) is 4.29. The molecule has 1 atom stereocenters. The maximum atomic E-state index is 8.75. The molecule has 0 saturated carbocycles. The van der Waals surface area contributed by atoms with Gasteiger partial charge in [0.15, 0.2) is 5.84 Å².